The Morgan fingerprint density at radius 2 is 2.03 bits per heavy atom. The van der Waals surface area contributed by atoms with Crippen molar-refractivity contribution >= 4 is 28.2 Å². The highest BCUT2D eigenvalue weighted by atomic mass is 32.1. The highest BCUT2D eigenvalue weighted by Crippen LogP contribution is 2.37. The average molecular weight is 489 g/mol. The van der Waals surface area contributed by atoms with Crippen molar-refractivity contribution in [1.82, 2.24) is 9.88 Å². The molecule has 2 aromatic heterocycles. The molecule has 180 valence electrons. The number of para-hydroxylation sites is 1. The van der Waals surface area contributed by atoms with Gasteiger partial charge < -0.3 is 15.0 Å². The molecule has 1 atom stereocenters. The molecule has 35 heavy (non-hydrogen) atoms. The van der Waals surface area contributed by atoms with Gasteiger partial charge in [-0.2, -0.15) is 5.26 Å². The second-order valence-corrected chi connectivity index (χ2v) is 9.65. The lowest BCUT2D eigenvalue weighted by Crippen LogP contribution is -2.36. The van der Waals surface area contributed by atoms with Gasteiger partial charge in [0.2, 0.25) is 11.8 Å². The zero-order chi connectivity index (χ0) is 24.8. The highest BCUT2D eigenvalue weighted by Gasteiger charge is 2.28. The number of rotatable bonds is 8. The first-order chi connectivity index (χ1) is 17.0. The van der Waals surface area contributed by atoms with E-state index in [2.05, 4.69) is 16.4 Å². The van der Waals surface area contributed by atoms with Crippen molar-refractivity contribution in [3.63, 3.8) is 0 Å². The maximum atomic E-state index is 12.9. The second kappa shape index (κ2) is 11.2. The molecule has 0 aliphatic carbocycles. The number of hydrogen-bond donors (Lipinski definition) is 1. The van der Waals surface area contributed by atoms with Gasteiger partial charge in [0.1, 0.15) is 16.8 Å². The fourth-order valence-electron chi connectivity index (χ4n) is 4.35. The molecule has 4 rings (SSSR count). The van der Waals surface area contributed by atoms with Crippen molar-refractivity contribution in [3.05, 3.63) is 75.9 Å². The Kier molecular flexibility index (Phi) is 7.78. The first kappa shape index (κ1) is 24.4. The smallest absolute Gasteiger partial charge is 0.227 e. The van der Waals surface area contributed by atoms with Gasteiger partial charge in [-0.05, 0) is 54.2 Å². The van der Waals surface area contributed by atoms with Crippen molar-refractivity contribution in [2.24, 2.45) is 0 Å². The minimum atomic E-state index is -0.149. The van der Waals surface area contributed by atoms with E-state index in [0.717, 1.165) is 27.3 Å². The molecule has 0 saturated carbocycles. The molecule has 3 heterocycles. The SMILES string of the molecule is CCOc1ccccc1[C@@H](C)CC(=O)Nc1sc2c(c1C#N)CCN(C(=O)Cc1ccncc1)C2. The predicted molar refractivity (Wildman–Crippen MR) is 135 cm³/mol. The number of carbonyl (C=O) groups excluding carboxylic acids is 2. The third-order valence-electron chi connectivity index (χ3n) is 6.12. The number of nitriles is 1. The number of nitrogens with zero attached hydrogens (tertiary/aromatic N) is 3. The Hall–Kier alpha value is -3.70. The number of thiophene rings is 1. The summed E-state index contributed by atoms with van der Waals surface area (Å²) < 4.78 is 5.71. The first-order valence-electron chi connectivity index (χ1n) is 11.7. The number of hydrogen-bond acceptors (Lipinski definition) is 6. The second-order valence-electron chi connectivity index (χ2n) is 8.54. The minimum Gasteiger partial charge on any atom is -0.494 e. The maximum Gasteiger partial charge on any atom is 0.227 e. The molecule has 1 aromatic carbocycles. The number of amides is 2. The van der Waals surface area contributed by atoms with E-state index in [9.17, 15) is 14.9 Å². The summed E-state index contributed by atoms with van der Waals surface area (Å²) in [7, 11) is 0. The summed E-state index contributed by atoms with van der Waals surface area (Å²) in [4.78, 5) is 32.5. The van der Waals surface area contributed by atoms with Gasteiger partial charge in [0.05, 0.1) is 25.1 Å². The van der Waals surface area contributed by atoms with Crippen LogP contribution in [-0.4, -0.2) is 34.8 Å². The Morgan fingerprint density at radius 3 is 2.77 bits per heavy atom. The number of pyridine rings is 1. The number of ether oxygens (including phenoxy) is 1. The van der Waals surface area contributed by atoms with E-state index in [0.29, 0.717) is 43.1 Å². The molecule has 0 spiro atoms. The van der Waals surface area contributed by atoms with Gasteiger partial charge in [-0.15, -0.1) is 11.3 Å². The lowest BCUT2D eigenvalue weighted by atomic mass is 9.96. The zero-order valence-electron chi connectivity index (χ0n) is 19.9. The van der Waals surface area contributed by atoms with Crippen LogP contribution in [0.15, 0.2) is 48.8 Å². The summed E-state index contributed by atoms with van der Waals surface area (Å²) in [5, 5.41) is 13.3. The van der Waals surface area contributed by atoms with E-state index in [1.54, 1.807) is 12.4 Å². The van der Waals surface area contributed by atoms with Gasteiger partial charge in [-0.3, -0.25) is 14.6 Å². The van der Waals surface area contributed by atoms with Crippen LogP contribution in [0.5, 0.6) is 5.75 Å². The lowest BCUT2D eigenvalue weighted by molar-refractivity contribution is -0.131. The summed E-state index contributed by atoms with van der Waals surface area (Å²) in [5.74, 6) is 0.640. The topological polar surface area (TPSA) is 95.3 Å². The number of benzene rings is 1. The largest absolute Gasteiger partial charge is 0.494 e. The van der Waals surface area contributed by atoms with Crippen molar-refractivity contribution in [3.8, 4) is 11.8 Å². The van der Waals surface area contributed by atoms with E-state index in [-0.39, 0.29) is 24.2 Å². The Balaban J connectivity index is 1.43. The summed E-state index contributed by atoms with van der Waals surface area (Å²) in [6.07, 6.45) is 4.55. The zero-order valence-corrected chi connectivity index (χ0v) is 20.7. The van der Waals surface area contributed by atoms with E-state index in [1.165, 1.54) is 11.3 Å². The van der Waals surface area contributed by atoms with Gasteiger partial charge in [0.25, 0.3) is 0 Å². The number of carbonyl (C=O) groups is 2. The first-order valence-corrected chi connectivity index (χ1v) is 12.5. The fraction of sp³-hybridized carbons (Fsp3) is 0.333. The number of fused-ring (bicyclic) bond motifs is 1. The monoisotopic (exact) mass is 488 g/mol. The van der Waals surface area contributed by atoms with Crippen molar-refractivity contribution < 1.29 is 14.3 Å². The average Bonchev–Trinajstić information content (AvgIpc) is 3.20. The van der Waals surface area contributed by atoms with Gasteiger partial charge in [-0.1, -0.05) is 25.1 Å². The number of nitrogens with one attached hydrogen (secondary N) is 1. The number of anilines is 1. The van der Waals surface area contributed by atoms with Gasteiger partial charge in [-0.25, -0.2) is 0 Å². The standard InChI is InChI=1S/C27H28N4O3S/c1-3-34-23-7-5-4-6-20(23)18(2)14-25(32)30-27-22(16-28)21-10-13-31(17-24(21)35-27)26(33)15-19-8-11-29-12-9-19/h4-9,11-12,18H,3,10,13-15,17H2,1-2H3,(H,30,32)/t18-/m0/s1. The molecule has 0 unspecified atom stereocenters. The summed E-state index contributed by atoms with van der Waals surface area (Å²) >= 11 is 1.39. The normalized spacial score (nSPS) is 13.5. The summed E-state index contributed by atoms with van der Waals surface area (Å²) in [6, 6.07) is 13.7. The molecule has 8 heteroatoms. The van der Waals surface area contributed by atoms with Crippen molar-refractivity contribution in [2.75, 3.05) is 18.5 Å². The molecular formula is C27H28N4O3S. The van der Waals surface area contributed by atoms with Crippen molar-refractivity contribution in [1.29, 1.82) is 5.26 Å². The van der Waals surface area contributed by atoms with Crippen LogP contribution >= 0.6 is 11.3 Å². The molecule has 0 bridgehead atoms. The third kappa shape index (κ3) is 5.69. The molecule has 0 fully saturated rings. The molecule has 1 N–H and O–H groups in total. The van der Waals surface area contributed by atoms with Crippen LogP contribution in [0.2, 0.25) is 0 Å². The van der Waals surface area contributed by atoms with E-state index in [1.807, 2.05) is 55.1 Å². The fourth-order valence-corrected chi connectivity index (χ4v) is 5.58. The maximum absolute atomic E-state index is 12.9. The van der Waals surface area contributed by atoms with Gasteiger partial charge in [0.15, 0.2) is 0 Å². The molecule has 0 radical (unpaired) electrons. The van der Waals surface area contributed by atoms with Crippen LogP contribution in [0.3, 0.4) is 0 Å². The molecule has 1 aliphatic rings. The third-order valence-corrected chi connectivity index (χ3v) is 7.25. The van der Waals surface area contributed by atoms with Gasteiger partial charge in [0, 0.05) is 30.2 Å². The van der Waals surface area contributed by atoms with Crippen LogP contribution in [0.1, 0.15) is 53.3 Å². The predicted octanol–water partition coefficient (Wildman–Crippen LogP) is 4.67. The molecule has 7 nitrogen and oxygen atoms in total. The Labute approximate surface area is 209 Å². The molecule has 1 aliphatic heterocycles. The van der Waals surface area contributed by atoms with Crippen LogP contribution in [-0.2, 0) is 29.0 Å². The van der Waals surface area contributed by atoms with E-state index in [4.69, 9.17) is 4.74 Å². The number of aromatic nitrogens is 1. The molecule has 3 aromatic rings. The highest BCUT2D eigenvalue weighted by molar-refractivity contribution is 7.16. The van der Waals surface area contributed by atoms with E-state index >= 15 is 0 Å². The van der Waals surface area contributed by atoms with Crippen molar-refractivity contribution in [2.45, 2.75) is 45.6 Å². The van der Waals surface area contributed by atoms with Gasteiger partial charge >= 0.3 is 0 Å². The van der Waals surface area contributed by atoms with Crippen LogP contribution < -0.4 is 10.1 Å². The molecular weight excluding hydrogens is 460 g/mol. The van der Waals surface area contributed by atoms with E-state index < -0.39 is 0 Å². The van der Waals surface area contributed by atoms with Crippen LogP contribution in [0, 0.1) is 11.3 Å². The lowest BCUT2D eigenvalue weighted by Gasteiger charge is -2.27. The molecule has 0 saturated heterocycles. The quantitative estimate of drug-likeness (QED) is 0.497. The summed E-state index contributed by atoms with van der Waals surface area (Å²) in [5.41, 5.74) is 3.36. The molecule has 2 amide bonds. The summed E-state index contributed by atoms with van der Waals surface area (Å²) in [6.45, 7) is 5.50. The van der Waals surface area contributed by atoms with Crippen LogP contribution in [0.25, 0.3) is 0 Å². The minimum absolute atomic E-state index is 0.0424. The Morgan fingerprint density at radius 1 is 1.26 bits per heavy atom. The van der Waals surface area contributed by atoms with Crippen LogP contribution in [0.4, 0.5) is 5.00 Å². The Bertz CT molecular complexity index is 1250.